The van der Waals surface area contributed by atoms with Gasteiger partial charge in [0.1, 0.15) is 12.5 Å². The maximum Gasteiger partial charge on any atom is 0.303 e. The molecule has 0 amide bonds. The van der Waals surface area contributed by atoms with E-state index < -0.39 is 5.97 Å². The standard InChI is InChI=1S/C27H33NO3/c29-26(30)11-7-2-1-6-10-25-22-12-13-23(18-22)27(25)28-19-31-24-16-14-21(15-17-24)20-8-4-3-5-9-20/h1,3-6,8-9,14-17,22-23,25,27-28H,2,7,10-13,18-19H2,(H,29,30)/b6-1-/t22-,23+,25-,27-/m1/s1. The van der Waals surface area contributed by atoms with Crippen molar-refractivity contribution in [2.24, 2.45) is 17.8 Å². The minimum atomic E-state index is -0.708. The molecule has 2 aromatic rings. The number of hydrogen-bond donors (Lipinski definition) is 2. The molecule has 4 atom stereocenters. The van der Waals surface area contributed by atoms with Crippen molar-refractivity contribution in [3.63, 3.8) is 0 Å². The van der Waals surface area contributed by atoms with Crippen LogP contribution in [0.15, 0.2) is 66.7 Å². The van der Waals surface area contributed by atoms with Gasteiger partial charge < -0.3 is 9.84 Å². The van der Waals surface area contributed by atoms with Gasteiger partial charge in [-0.3, -0.25) is 10.1 Å². The molecule has 0 aliphatic heterocycles. The van der Waals surface area contributed by atoms with Gasteiger partial charge in [-0.1, -0.05) is 54.6 Å². The minimum Gasteiger partial charge on any atom is -0.481 e. The fourth-order valence-electron chi connectivity index (χ4n) is 5.41. The molecule has 4 heteroatoms. The first-order valence-corrected chi connectivity index (χ1v) is 11.6. The van der Waals surface area contributed by atoms with Gasteiger partial charge in [-0.15, -0.1) is 0 Å². The van der Waals surface area contributed by atoms with E-state index in [1.54, 1.807) is 0 Å². The summed E-state index contributed by atoms with van der Waals surface area (Å²) in [7, 11) is 0. The number of rotatable bonds is 11. The number of carboxylic acids is 1. The summed E-state index contributed by atoms with van der Waals surface area (Å²) in [5.41, 5.74) is 2.41. The molecule has 0 saturated heterocycles. The number of nitrogens with one attached hydrogen (secondary N) is 1. The second kappa shape index (κ2) is 10.6. The van der Waals surface area contributed by atoms with Crippen LogP contribution < -0.4 is 10.1 Å². The number of ether oxygens (including phenoxy) is 1. The van der Waals surface area contributed by atoms with Crippen molar-refractivity contribution in [3.8, 4) is 16.9 Å². The number of allylic oxidation sites excluding steroid dienone is 2. The topological polar surface area (TPSA) is 58.6 Å². The van der Waals surface area contributed by atoms with Crippen LogP contribution in [0.5, 0.6) is 5.75 Å². The summed E-state index contributed by atoms with van der Waals surface area (Å²) in [6, 6.07) is 19.2. The van der Waals surface area contributed by atoms with E-state index in [0.29, 0.717) is 18.7 Å². The highest BCUT2D eigenvalue weighted by Crippen LogP contribution is 2.49. The van der Waals surface area contributed by atoms with Gasteiger partial charge in [0.05, 0.1) is 0 Å². The number of hydrogen-bond acceptors (Lipinski definition) is 3. The summed E-state index contributed by atoms with van der Waals surface area (Å²) in [6.07, 6.45) is 11.4. The van der Waals surface area contributed by atoms with Crippen molar-refractivity contribution in [1.82, 2.24) is 5.32 Å². The highest BCUT2D eigenvalue weighted by molar-refractivity contribution is 5.66. The summed E-state index contributed by atoms with van der Waals surface area (Å²) >= 11 is 0. The molecule has 2 N–H and O–H groups in total. The normalized spacial score (nSPS) is 24.6. The molecule has 0 spiro atoms. The van der Waals surface area contributed by atoms with Crippen molar-refractivity contribution >= 4 is 5.97 Å². The molecular formula is C27H33NO3. The van der Waals surface area contributed by atoms with Crippen LogP contribution in [0.1, 0.15) is 44.9 Å². The van der Waals surface area contributed by atoms with Crippen molar-refractivity contribution in [2.75, 3.05) is 6.73 Å². The Hall–Kier alpha value is -2.59. The summed E-state index contributed by atoms with van der Waals surface area (Å²) in [5.74, 6) is 2.43. The fourth-order valence-corrected chi connectivity index (χ4v) is 5.41. The Labute approximate surface area is 185 Å². The molecule has 2 bridgehead atoms. The molecule has 2 saturated carbocycles. The zero-order valence-electron chi connectivity index (χ0n) is 18.1. The van der Waals surface area contributed by atoms with Gasteiger partial charge in [-0.2, -0.15) is 0 Å². The van der Waals surface area contributed by atoms with E-state index in [2.05, 4.69) is 53.9 Å². The molecule has 2 aliphatic carbocycles. The third kappa shape index (κ3) is 5.76. The van der Waals surface area contributed by atoms with Crippen LogP contribution >= 0.6 is 0 Å². The van der Waals surface area contributed by atoms with Crippen molar-refractivity contribution in [1.29, 1.82) is 0 Å². The fraction of sp³-hybridized carbons (Fsp3) is 0.444. The maximum absolute atomic E-state index is 10.6. The molecule has 31 heavy (non-hydrogen) atoms. The van der Waals surface area contributed by atoms with Gasteiger partial charge >= 0.3 is 5.97 Å². The number of carbonyl (C=O) groups is 1. The molecule has 2 aromatic carbocycles. The number of unbranched alkanes of at least 4 members (excludes halogenated alkanes) is 1. The SMILES string of the molecule is O=C(O)CCC/C=C\C[C@@H]1[C@@H]2CC[C@@H](C2)[C@H]1NCOc1ccc(-c2ccccc2)cc1. The Morgan fingerprint density at radius 2 is 1.74 bits per heavy atom. The van der Waals surface area contributed by atoms with Crippen LogP contribution in [0, 0.1) is 17.8 Å². The molecule has 0 aromatic heterocycles. The van der Waals surface area contributed by atoms with Gasteiger partial charge in [0.2, 0.25) is 0 Å². The lowest BCUT2D eigenvalue weighted by Crippen LogP contribution is -2.42. The lowest BCUT2D eigenvalue weighted by Gasteiger charge is -2.31. The van der Waals surface area contributed by atoms with Crippen LogP contribution in [-0.4, -0.2) is 23.8 Å². The predicted octanol–water partition coefficient (Wildman–Crippen LogP) is 5.90. The van der Waals surface area contributed by atoms with E-state index in [0.717, 1.165) is 36.8 Å². The molecular weight excluding hydrogens is 386 g/mol. The number of fused-ring (bicyclic) bond motifs is 2. The Morgan fingerprint density at radius 3 is 2.52 bits per heavy atom. The van der Waals surface area contributed by atoms with Crippen LogP contribution in [0.2, 0.25) is 0 Å². The van der Waals surface area contributed by atoms with Crippen LogP contribution in [-0.2, 0) is 4.79 Å². The van der Waals surface area contributed by atoms with Gasteiger partial charge in [-0.25, -0.2) is 0 Å². The summed E-state index contributed by atoms with van der Waals surface area (Å²) in [4.78, 5) is 10.6. The molecule has 0 unspecified atom stereocenters. The van der Waals surface area contributed by atoms with Gasteiger partial charge in [0.25, 0.3) is 0 Å². The van der Waals surface area contributed by atoms with Crippen LogP contribution in [0.4, 0.5) is 0 Å². The first-order valence-electron chi connectivity index (χ1n) is 11.6. The smallest absolute Gasteiger partial charge is 0.303 e. The monoisotopic (exact) mass is 419 g/mol. The highest BCUT2D eigenvalue weighted by Gasteiger charge is 2.46. The van der Waals surface area contributed by atoms with Gasteiger partial charge in [0, 0.05) is 12.5 Å². The summed E-state index contributed by atoms with van der Waals surface area (Å²) in [6.45, 7) is 0.539. The minimum absolute atomic E-state index is 0.256. The van der Waals surface area contributed by atoms with E-state index in [-0.39, 0.29) is 6.42 Å². The zero-order valence-corrected chi connectivity index (χ0v) is 18.1. The van der Waals surface area contributed by atoms with Crippen molar-refractivity contribution in [3.05, 3.63) is 66.7 Å². The molecule has 2 fully saturated rings. The van der Waals surface area contributed by atoms with E-state index >= 15 is 0 Å². The summed E-state index contributed by atoms with van der Waals surface area (Å²) < 4.78 is 6.01. The largest absolute Gasteiger partial charge is 0.481 e. The van der Waals surface area contributed by atoms with E-state index in [9.17, 15) is 4.79 Å². The van der Waals surface area contributed by atoms with Gasteiger partial charge in [-0.05, 0) is 79.5 Å². The Balaban J connectivity index is 1.24. The Bertz CT molecular complexity index is 862. The van der Waals surface area contributed by atoms with Crippen LogP contribution in [0.25, 0.3) is 11.1 Å². The van der Waals surface area contributed by atoms with Crippen molar-refractivity contribution in [2.45, 2.75) is 51.0 Å². The lowest BCUT2D eigenvalue weighted by molar-refractivity contribution is -0.137. The van der Waals surface area contributed by atoms with E-state index in [1.807, 2.05) is 18.2 Å². The first-order chi connectivity index (χ1) is 15.2. The Kier molecular flexibility index (Phi) is 7.42. The lowest BCUT2D eigenvalue weighted by atomic mass is 9.82. The molecule has 2 aliphatic rings. The molecule has 4 nitrogen and oxygen atoms in total. The maximum atomic E-state index is 10.6. The Morgan fingerprint density at radius 1 is 1.00 bits per heavy atom. The average Bonchev–Trinajstić information content (AvgIpc) is 3.39. The summed E-state index contributed by atoms with van der Waals surface area (Å²) in [5, 5.41) is 12.4. The average molecular weight is 420 g/mol. The molecule has 0 radical (unpaired) electrons. The first kappa shape index (κ1) is 21.6. The number of benzene rings is 2. The third-order valence-corrected chi connectivity index (χ3v) is 6.94. The molecule has 164 valence electrons. The molecule has 0 heterocycles. The van der Waals surface area contributed by atoms with E-state index in [1.165, 1.54) is 30.4 Å². The predicted molar refractivity (Wildman–Crippen MR) is 124 cm³/mol. The van der Waals surface area contributed by atoms with Crippen molar-refractivity contribution < 1.29 is 14.6 Å². The van der Waals surface area contributed by atoms with Crippen LogP contribution in [0.3, 0.4) is 0 Å². The quantitative estimate of drug-likeness (QED) is 0.271. The second-order valence-electron chi connectivity index (χ2n) is 8.90. The van der Waals surface area contributed by atoms with Gasteiger partial charge in [0.15, 0.2) is 0 Å². The zero-order chi connectivity index (χ0) is 21.5. The second-order valence-corrected chi connectivity index (χ2v) is 8.90. The van der Waals surface area contributed by atoms with E-state index in [4.69, 9.17) is 9.84 Å². The highest BCUT2D eigenvalue weighted by atomic mass is 16.5. The third-order valence-electron chi connectivity index (χ3n) is 6.94. The number of aliphatic carboxylic acids is 1. The number of carboxylic acid groups (broad SMARTS) is 1. The molecule has 4 rings (SSSR count).